The molecule has 1 saturated carbocycles. The Morgan fingerprint density at radius 2 is 2.19 bits per heavy atom. The molecule has 1 heterocycles. The number of hydrogen-bond donors (Lipinski definition) is 1. The summed E-state index contributed by atoms with van der Waals surface area (Å²) in [6, 6.07) is 2.52. The van der Waals surface area contributed by atoms with E-state index in [1.165, 1.54) is 43.4 Å². The van der Waals surface area contributed by atoms with Crippen molar-refractivity contribution in [2.75, 3.05) is 6.54 Å². The maximum Gasteiger partial charge on any atom is 0.123 e. The highest BCUT2D eigenvalue weighted by atomic mass is 16.3. The topological polar surface area (TPSA) is 25.2 Å². The predicted molar refractivity (Wildman–Crippen MR) is 66.4 cm³/mol. The highest BCUT2D eigenvalue weighted by Crippen LogP contribution is 2.37. The number of hydrogen-bond acceptors (Lipinski definition) is 2. The minimum Gasteiger partial charge on any atom is -0.467 e. The smallest absolute Gasteiger partial charge is 0.123 e. The van der Waals surface area contributed by atoms with Gasteiger partial charge in [0.15, 0.2) is 0 Å². The number of furan rings is 1. The minimum absolute atomic E-state index is 0.442. The van der Waals surface area contributed by atoms with Crippen molar-refractivity contribution in [1.82, 2.24) is 5.32 Å². The first kappa shape index (κ1) is 11.7. The van der Waals surface area contributed by atoms with Gasteiger partial charge in [0.25, 0.3) is 0 Å². The van der Waals surface area contributed by atoms with Gasteiger partial charge in [-0.25, -0.2) is 0 Å². The van der Waals surface area contributed by atoms with E-state index in [0.29, 0.717) is 6.04 Å². The molecule has 0 saturated heterocycles. The lowest BCUT2D eigenvalue weighted by molar-refractivity contribution is 0.311. The molecule has 0 bridgehead atoms. The summed E-state index contributed by atoms with van der Waals surface area (Å²) in [6.45, 7) is 5.45. The molecule has 0 amide bonds. The summed E-state index contributed by atoms with van der Waals surface area (Å²) >= 11 is 0. The molecule has 1 aliphatic rings. The van der Waals surface area contributed by atoms with E-state index in [4.69, 9.17) is 4.42 Å². The normalized spacial score (nSPS) is 19.1. The van der Waals surface area contributed by atoms with E-state index in [1.807, 2.05) is 6.26 Å². The van der Waals surface area contributed by atoms with Gasteiger partial charge in [0.05, 0.1) is 12.3 Å². The molecule has 0 spiro atoms. The molecule has 1 N–H and O–H groups in total. The van der Waals surface area contributed by atoms with Gasteiger partial charge in [-0.2, -0.15) is 0 Å². The highest BCUT2D eigenvalue weighted by Gasteiger charge is 2.28. The van der Waals surface area contributed by atoms with Gasteiger partial charge in [-0.15, -0.1) is 0 Å². The molecule has 0 radical (unpaired) electrons. The third-order valence-electron chi connectivity index (χ3n) is 3.67. The maximum absolute atomic E-state index is 5.67. The Hall–Kier alpha value is -0.760. The van der Waals surface area contributed by atoms with E-state index < -0.39 is 0 Å². The molecule has 0 aromatic carbocycles. The summed E-state index contributed by atoms with van der Waals surface area (Å²) < 4.78 is 5.67. The fourth-order valence-corrected chi connectivity index (χ4v) is 2.77. The molecular weight excluding hydrogens is 198 g/mol. The van der Waals surface area contributed by atoms with Crippen LogP contribution in [-0.4, -0.2) is 6.54 Å². The Bertz CT molecular complexity index is 312. The third kappa shape index (κ3) is 2.49. The first-order valence-electron chi connectivity index (χ1n) is 6.60. The Balaban J connectivity index is 2.10. The summed E-state index contributed by atoms with van der Waals surface area (Å²) in [4.78, 5) is 0. The molecule has 2 heteroatoms. The highest BCUT2D eigenvalue weighted by molar-refractivity contribution is 5.19. The number of rotatable bonds is 5. The van der Waals surface area contributed by atoms with Crippen LogP contribution in [-0.2, 0) is 0 Å². The van der Waals surface area contributed by atoms with Crippen LogP contribution in [0.3, 0.4) is 0 Å². The Kier molecular flexibility index (Phi) is 4.05. The van der Waals surface area contributed by atoms with Crippen molar-refractivity contribution >= 4 is 0 Å². The minimum atomic E-state index is 0.442. The zero-order valence-corrected chi connectivity index (χ0v) is 10.5. The van der Waals surface area contributed by atoms with E-state index in [2.05, 4.69) is 25.2 Å². The lowest BCUT2D eigenvalue weighted by atomic mass is 9.94. The van der Waals surface area contributed by atoms with Crippen LogP contribution >= 0.6 is 0 Å². The maximum atomic E-state index is 5.67. The van der Waals surface area contributed by atoms with Crippen LogP contribution in [0.15, 0.2) is 16.7 Å². The lowest BCUT2D eigenvalue weighted by Crippen LogP contribution is -2.28. The number of nitrogens with one attached hydrogen (secondary N) is 1. The van der Waals surface area contributed by atoms with Gasteiger partial charge in [0.1, 0.15) is 5.76 Å². The second kappa shape index (κ2) is 5.53. The summed E-state index contributed by atoms with van der Waals surface area (Å²) in [5.41, 5.74) is 1.29. The van der Waals surface area contributed by atoms with Gasteiger partial charge in [-0.05, 0) is 50.3 Å². The van der Waals surface area contributed by atoms with Crippen LogP contribution in [0.2, 0.25) is 0 Å². The molecule has 90 valence electrons. The van der Waals surface area contributed by atoms with Crippen molar-refractivity contribution in [2.24, 2.45) is 5.92 Å². The number of aryl methyl sites for hydroxylation is 1. The monoisotopic (exact) mass is 221 g/mol. The van der Waals surface area contributed by atoms with Crippen molar-refractivity contribution in [2.45, 2.75) is 52.0 Å². The van der Waals surface area contributed by atoms with Gasteiger partial charge in [0, 0.05) is 0 Å². The quantitative estimate of drug-likeness (QED) is 0.817. The molecule has 1 aliphatic carbocycles. The molecule has 1 aromatic rings. The Labute approximate surface area is 98.4 Å². The van der Waals surface area contributed by atoms with E-state index >= 15 is 0 Å². The average molecular weight is 221 g/mol. The first-order valence-corrected chi connectivity index (χ1v) is 6.60. The summed E-state index contributed by atoms with van der Waals surface area (Å²) in [7, 11) is 0. The van der Waals surface area contributed by atoms with Crippen LogP contribution in [0.5, 0.6) is 0 Å². The first-order chi connectivity index (χ1) is 7.83. The average Bonchev–Trinajstić information content (AvgIpc) is 2.91. The second-order valence-electron chi connectivity index (χ2n) is 4.94. The lowest BCUT2D eigenvalue weighted by Gasteiger charge is -2.23. The Morgan fingerprint density at radius 3 is 2.75 bits per heavy atom. The fraction of sp³-hybridized carbons (Fsp3) is 0.714. The predicted octanol–water partition coefficient (Wildman–Crippen LogP) is 3.82. The largest absolute Gasteiger partial charge is 0.467 e. The van der Waals surface area contributed by atoms with Crippen molar-refractivity contribution in [3.63, 3.8) is 0 Å². The van der Waals surface area contributed by atoms with Crippen LogP contribution in [0.4, 0.5) is 0 Å². The van der Waals surface area contributed by atoms with Crippen molar-refractivity contribution in [3.8, 4) is 0 Å². The molecular formula is C14H23NO. The molecule has 2 rings (SSSR count). The zero-order chi connectivity index (χ0) is 11.4. The molecule has 1 fully saturated rings. The second-order valence-corrected chi connectivity index (χ2v) is 4.94. The van der Waals surface area contributed by atoms with Crippen LogP contribution in [0.25, 0.3) is 0 Å². The molecule has 1 atom stereocenters. The zero-order valence-electron chi connectivity index (χ0n) is 10.5. The van der Waals surface area contributed by atoms with Crippen LogP contribution in [0.1, 0.15) is 56.4 Å². The standard InChI is InChI=1S/C14H23NO/c1-3-9-15-13(12-6-4-5-7-12)14-11(2)8-10-16-14/h8,10,12-13,15H,3-7,9H2,1-2H3. The van der Waals surface area contributed by atoms with Crippen LogP contribution < -0.4 is 5.32 Å². The molecule has 1 unspecified atom stereocenters. The van der Waals surface area contributed by atoms with Crippen molar-refractivity contribution in [3.05, 3.63) is 23.7 Å². The molecule has 0 aliphatic heterocycles. The SMILES string of the molecule is CCCNC(c1occc1C)C1CCCC1. The van der Waals surface area contributed by atoms with Crippen LogP contribution in [0, 0.1) is 12.8 Å². The van der Waals surface area contributed by atoms with Gasteiger partial charge < -0.3 is 9.73 Å². The van der Waals surface area contributed by atoms with Gasteiger partial charge in [-0.3, -0.25) is 0 Å². The molecule has 1 aromatic heterocycles. The fourth-order valence-electron chi connectivity index (χ4n) is 2.77. The van der Waals surface area contributed by atoms with Gasteiger partial charge in [0.2, 0.25) is 0 Å². The van der Waals surface area contributed by atoms with Crippen molar-refractivity contribution < 1.29 is 4.42 Å². The summed E-state index contributed by atoms with van der Waals surface area (Å²) in [6.07, 6.45) is 8.47. The molecule has 2 nitrogen and oxygen atoms in total. The van der Waals surface area contributed by atoms with E-state index in [-0.39, 0.29) is 0 Å². The van der Waals surface area contributed by atoms with Gasteiger partial charge in [-0.1, -0.05) is 19.8 Å². The third-order valence-corrected chi connectivity index (χ3v) is 3.67. The Morgan fingerprint density at radius 1 is 1.44 bits per heavy atom. The summed E-state index contributed by atoms with van der Waals surface area (Å²) in [5.74, 6) is 1.94. The van der Waals surface area contributed by atoms with E-state index in [0.717, 1.165) is 12.5 Å². The van der Waals surface area contributed by atoms with E-state index in [9.17, 15) is 0 Å². The van der Waals surface area contributed by atoms with Crippen molar-refractivity contribution in [1.29, 1.82) is 0 Å². The summed E-state index contributed by atoms with van der Waals surface area (Å²) in [5, 5.41) is 3.66. The molecule has 16 heavy (non-hydrogen) atoms. The van der Waals surface area contributed by atoms with Gasteiger partial charge >= 0.3 is 0 Å². The van der Waals surface area contributed by atoms with E-state index in [1.54, 1.807) is 0 Å².